The van der Waals surface area contributed by atoms with E-state index in [4.69, 9.17) is 0 Å². The minimum absolute atomic E-state index is 0.0425. The minimum atomic E-state index is -2.47. The van der Waals surface area contributed by atoms with Gasteiger partial charge in [-0.05, 0) is 0 Å². The third-order valence-electron chi connectivity index (χ3n) is 7.38. The molecule has 1 atom stereocenters. The van der Waals surface area contributed by atoms with Gasteiger partial charge in [0.1, 0.15) is 0 Å². The molecule has 0 saturated carbocycles. The van der Waals surface area contributed by atoms with Crippen molar-refractivity contribution in [1.29, 1.82) is 0 Å². The molecule has 30 heavy (non-hydrogen) atoms. The van der Waals surface area contributed by atoms with Crippen molar-refractivity contribution in [3.63, 3.8) is 0 Å². The molecule has 0 bridgehead atoms. The first kappa shape index (κ1) is 26.4. The molecule has 1 unspecified atom stereocenters. The van der Waals surface area contributed by atoms with Crippen LogP contribution in [0.2, 0.25) is 13.3 Å². The average Bonchev–Trinajstić information content (AvgIpc) is 3.00. The van der Waals surface area contributed by atoms with Crippen molar-refractivity contribution in [1.82, 2.24) is 0 Å². The Balaban J connectivity index is 2.69. The maximum atomic E-state index is 2.58. The van der Waals surface area contributed by atoms with Gasteiger partial charge in [-0.15, -0.1) is 0 Å². The Morgan fingerprint density at radius 2 is 1.27 bits per heavy atom. The summed E-state index contributed by atoms with van der Waals surface area (Å²) in [6.07, 6.45) is 8.44. The van der Waals surface area contributed by atoms with E-state index in [9.17, 15) is 0 Å². The first-order valence-electron chi connectivity index (χ1n) is 12.9. The molecular formula is C28H49PSn. The summed E-state index contributed by atoms with van der Waals surface area (Å²) in [7, 11) is -0.0425. The van der Waals surface area contributed by atoms with Crippen molar-refractivity contribution >= 4 is 29.9 Å². The number of hydrogen-bond acceptors (Lipinski definition) is 0. The Morgan fingerprint density at radius 1 is 0.800 bits per heavy atom. The number of unbranched alkanes of at least 4 members (excludes halogenated alkanes) is 3. The third kappa shape index (κ3) is 5.75. The number of hydrogen-bond donors (Lipinski definition) is 0. The van der Waals surface area contributed by atoms with E-state index in [0.29, 0.717) is 5.66 Å². The van der Waals surface area contributed by atoms with E-state index in [1.54, 1.807) is 24.4 Å². The van der Waals surface area contributed by atoms with E-state index in [-0.39, 0.29) is 7.92 Å². The van der Waals surface area contributed by atoms with Crippen LogP contribution < -0.4 is 0 Å². The Labute approximate surface area is 194 Å². The van der Waals surface area contributed by atoms with Crippen molar-refractivity contribution in [2.75, 3.05) is 0 Å². The second-order valence-corrected chi connectivity index (χ2v) is 26.8. The third-order valence-corrected chi connectivity index (χ3v) is 27.2. The summed E-state index contributed by atoms with van der Waals surface area (Å²) >= 11 is -2.47. The van der Waals surface area contributed by atoms with E-state index in [1.807, 2.05) is 9.16 Å². The van der Waals surface area contributed by atoms with Gasteiger partial charge < -0.3 is 0 Å². The van der Waals surface area contributed by atoms with Gasteiger partial charge in [-0.1, -0.05) is 0 Å². The van der Waals surface area contributed by atoms with Gasteiger partial charge in [-0.2, -0.15) is 0 Å². The average molecular weight is 535 g/mol. The van der Waals surface area contributed by atoms with E-state index in [1.165, 1.54) is 38.5 Å². The molecule has 0 spiro atoms. The normalized spacial score (nSPS) is 17.0. The molecule has 0 nitrogen and oxygen atoms in total. The quantitative estimate of drug-likeness (QED) is 0.174. The molecule has 1 aliphatic carbocycles. The summed E-state index contributed by atoms with van der Waals surface area (Å²) < 4.78 is 6.75. The fourth-order valence-corrected chi connectivity index (χ4v) is 28.2. The molecule has 0 N–H and O–H groups in total. The van der Waals surface area contributed by atoms with Crippen molar-refractivity contribution in [3.8, 4) is 0 Å². The molecule has 0 amide bonds. The molecular weight excluding hydrogens is 486 g/mol. The molecule has 0 fully saturated rings. The summed E-state index contributed by atoms with van der Waals surface area (Å²) in [5.41, 5.74) is 7.56. The molecule has 1 aliphatic rings. The van der Waals surface area contributed by atoms with Crippen LogP contribution in [-0.4, -0.2) is 29.7 Å². The van der Waals surface area contributed by atoms with Gasteiger partial charge >= 0.3 is 195 Å². The molecule has 0 radical (unpaired) electrons. The van der Waals surface area contributed by atoms with E-state index in [0.717, 1.165) is 11.3 Å². The molecule has 2 rings (SSSR count). The fourth-order valence-electron chi connectivity index (χ4n) is 6.12. The number of benzene rings is 1. The summed E-state index contributed by atoms with van der Waals surface area (Å²) in [6, 6.07) is 9.68. The van der Waals surface area contributed by atoms with E-state index >= 15 is 0 Å². The van der Waals surface area contributed by atoms with Crippen LogP contribution in [-0.2, 0) is 0 Å². The van der Waals surface area contributed by atoms with E-state index in [2.05, 4.69) is 79.7 Å². The monoisotopic (exact) mass is 536 g/mol. The summed E-state index contributed by atoms with van der Waals surface area (Å²) in [6.45, 7) is 19.7. The summed E-state index contributed by atoms with van der Waals surface area (Å²) in [4.78, 5) is 0. The molecule has 170 valence electrons. The number of rotatable bonds is 13. The van der Waals surface area contributed by atoms with Crippen molar-refractivity contribution in [2.45, 2.75) is 124 Å². The van der Waals surface area contributed by atoms with Crippen LogP contribution in [0.4, 0.5) is 0 Å². The molecule has 1 aromatic rings. The van der Waals surface area contributed by atoms with E-state index < -0.39 is 18.4 Å². The summed E-state index contributed by atoms with van der Waals surface area (Å²) in [5, 5.41) is 0. The second kappa shape index (κ2) is 12.4. The molecule has 0 heterocycles. The maximum absolute atomic E-state index is 2.58. The van der Waals surface area contributed by atoms with Gasteiger partial charge in [0.2, 0.25) is 0 Å². The molecule has 0 aliphatic heterocycles. The predicted molar refractivity (Wildman–Crippen MR) is 144 cm³/mol. The van der Waals surface area contributed by atoms with Crippen LogP contribution in [0.25, 0.3) is 3.59 Å². The zero-order valence-corrected chi connectivity index (χ0v) is 25.1. The van der Waals surface area contributed by atoms with Gasteiger partial charge in [0.15, 0.2) is 0 Å². The Hall–Kier alpha value is 0.189. The Kier molecular flexibility index (Phi) is 11.0. The van der Waals surface area contributed by atoms with Crippen molar-refractivity contribution in [2.24, 2.45) is 0 Å². The van der Waals surface area contributed by atoms with Gasteiger partial charge in [-0.3, -0.25) is 0 Å². The molecule has 1 aromatic carbocycles. The fraction of sp³-hybridized carbons (Fsp3) is 0.714. The van der Waals surface area contributed by atoms with Crippen molar-refractivity contribution < 1.29 is 0 Å². The van der Waals surface area contributed by atoms with Crippen LogP contribution in [0, 0.1) is 0 Å². The SMILES string of the molecule is CCC[CH2][Sn]([CH2]CCC)([CH2]CCC)[C]1=C(C)C(P(C(C)C)C(C)C)c2ccccc21. The van der Waals surface area contributed by atoms with Crippen LogP contribution in [0.15, 0.2) is 29.8 Å². The van der Waals surface area contributed by atoms with Gasteiger partial charge in [0.05, 0.1) is 0 Å². The van der Waals surface area contributed by atoms with Crippen molar-refractivity contribution in [3.05, 3.63) is 41.0 Å². The Bertz CT molecular complexity index is 658. The predicted octanol–water partition coefficient (Wildman–Crippen LogP) is 10.2. The second-order valence-electron chi connectivity index (χ2n) is 10.3. The van der Waals surface area contributed by atoms with Crippen LogP contribution in [0.1, 0.15) is 111 Å². The Morgan fingerprint density at radius 3 is 1.70 bits per heavy atom. The van der Waals surface area contributed by atoms with Crippen LogP contribution >= 0.6 is 7.92 Å². The number of allylic oxidation sites excluding steroid dienone is 1. The van der Waals surface area contributed by atoms with Crippen LogP contribution in [0.3, 0.4) is 0 Å². The van der Waals surface area contributed by atoms with Gasteiger partial charge in [-0.25, -0.2) is 0 Å². The zero-order chi connectivity index (χ0) is 22.3. The topological polar surface area (TPSA) is 0 Å². The zero-order valence-electron chi connectivity index (χ0n) is 21.4. The molecule has 0 saturated heterocycles. The standard InChI is InChI=1S/C16H22P.3C4H9.Sn/c1-11(2)17(12(3)4)16-13(5)10-14-8-6-7-9-15(14)16;3*1-3-4-2;/h6-9,11-12,16H,1-5H3;3*1,3-4H2,2H3;. The first-order chi connectivity index (χ1) is 14.3. The van der Waals surface area contributed by atoms with Gasteiger partial charge in [0.25, 0.3) is 0 Å². The summed E-state index contributed by atoms with van der Waals surface area (Å²) in [5.74, 6) is 0. The number of fused-ring (bicyclic) bond motifs is 1. The molecule has 0 aromatic heterocycles. The first-order valence-corrected chi connectivity index (χ1v) is 22.0. The van der Waals surface area contributed by atoms with Crippen LogP contribution in [0.5, 0.6) is 0 Å². The van der Waals surface area contributed by atoms with Gasteiger partial charge in [0, 0.05) is 0 Å². The molecule has 2 heteroatoms.